The van der Waals surface area contributed by atoms with Gasteiger partial charge in [-0.05, 0) is 31.7 Å². The second-order valence-electron chi connectivity index (χ2n) is 7.41. The summed E-state index contributed by atoms with van der Waals surface area (Å²) in [6.45, 7) is 1.97. The van der Waals surface area contributed by atoms with E-state index in [1.807, 2.05) is 0 Å². The number of Topliss-reactive ketones (excluding diaryl/α,β-unsaturated/α-hetero) is 1. The van der Waals surface area contributed by atoms with Crippen LogP contribution in [0.1, 0.15) is 41.2 Å². The summed E-state index contributed by atoms with van der Waals surface area (Å²) in [7, 11) is 0. The molecule has 154 valence electrons. The number of carbonyl (C=O) groups is 1. The predicted octanol–water partition coefficient (Wildman–Crippen LogP) is 5.21. The van der Waals surface area contributed by atoms with Crippen molar-refractivity contribution >= 4 is 40.3 Å². The van der Waals surface area contributed by atoms with Crippen LogP contribution in [0.15, 0.2) is 34.7 Å². The summed E-state index contributed by atoms with van der Waals surface area (Å²) in [5, 5.41) is 0.739. The SMILES string of the molecule is CC(=O)c1cn2c(cc1=O)-c1cc(Cl)c(OCC3CC3)cc1O[C@H]2c1scnc1Cl. The van der Waals surface area contributed by atoms with E-state index in [-0.39, 0.29) is 16.8 Å². The largest absolute Gasteiger partial charge is 0.492 e. The van der Waals surface area contributed by atoms with Crippen molar-refractivity contribution < 1.29 is 14.3 Å². The van der Waals surface area contributed by atoms with Crippen molar-refractivity contribution in [1.29, 1.82) is 0 Å². The van der Waals surface area contributed by atoms with Crippen molar-refractivity contribution in [3.05, 3.63) is 60.7 Å². The van der Waals surface area contributed by atoms with Crippen LogP contribution >= 0.6 is 34.5 Å². The molecule has 5 rings (SSSR count). The highest BCUT2D eigenvalue weighted by Crippen LogP contribution is 2.46. The molecule has 0 amide bonds. The van der Waals surface area contributed by atoms with Crippen LogP contribution in [0, 0.1) is 5.92 Å². The number of ether oxygens (including phenoxy) is 2. The lowest BCUT2D eigenvalue weighted by atomic mass is 10.0. The minimum Gasteiger partial charge on any atom is -0.492 e. The van der Waals surface area contributed by atoms with Gasteiger partial charge < -0.3 is 14.0 Å². The first-order valence-electron chi connectivity index (χ1n) is 9.41. The lowest BCUT2D eigenvalue weighted by Gasteiger charge is -2.31. The quantitative estimate of drug-likeness (QED) is 0.486. The van der Waals surface area contributed by atoms with E-state index in [9.17, 15) is 9.59 Å². The van der Waals surface area contributed by atoms with Crippen molar-refractivity contribution in [3.63, 3.8) is 0 Å². The zero-order chi connectivity index (χ0) is 21.0. The number of fused-ring (bicyclic) bond motifs is 3. The summed E-state index contributed by atoms with van der Waals surface area (Å²) in [5.41, 5.74) is 2.56. The molecule has 1 aromatic carbocycles. The molecule has 3 heterocycles. The number of thiazole rings is 1. The highest BCUT2D eigenvalue weighted by molar-refractivity contribution is 7.10. The summed E-state index contributed by atoms with van der Waals surface area (Å²) >= 11 is 14.1. The van der Waals surface area contributed by atoms with Crippen molar-refractivity contribution in [2.45, 2.75) is 26.0 Å². The molecule has 0 radical (unpaired) electrons. The van der Waals surface area contributed by atoms with Gasteiger partial charge in [-0.1, -0.05) is 23.2 Å². The molecular formula is C21H16Cl2N2O4S. The summed E-state index contributed by atoms with van der Waals surface area (Å²) in [5.74, 6) is 1.31. The van der Waals surface area contributed by atoms with Gasteiger partial charge in [0.25, 0.3) is 0 Å². The minimum atomic E-state index is -0.677. The monoisotopic (exact) mass is 462 g/mol. The second kappa shape index (κ2) is 7.41. The topological polar surface area (TPSA) is 70.4 Å². The van der Waals surface area contributed by atoms with E-state index in [0.29, 0.717) is 50.3 Å². The molecule has 1 aliphatic heterocycles. The molecule has 0 spiro atoms. The lowest BCUT2D eigenvalue weighted by molar-refractivity contribution is 0.101. The van der Waals surface area contributed by atoms with E-state index in [1.54, 1.807) is 22.2 Å². The Hall–Kier alpha value is -2.35. The van der Waals surface area contributed by atoms with Crippen molar-refractivity contribution in [2.75, 3.05) is 6.61 Å². The molecule has 0 saturated heterocycles. The van der Waals surface area contributed by atoms with Gasteiger partial charge in [0.2, 0.25) is 6.23 Å². The summed E-state index contributed by atoms with van der Waals surface area (Å²) in [4.78, 5) is 29.3. The number of hydrogen-bond acceptors (Lipinski definition) is 6. The molecule has 3 aromatic rings. The number of pyridine rings is 1. The zero-order valence-corrected chi connectivity index (χ0v) is 18.2. The van der Waals surface area contributed by atoms with Gasteiger partial charge in [-0.25, -0.2) is 4.98 Å². The molecule has 9 heteroatoms. The fraction of sp³-hybridized carbons (Fsp3) is 0.286. The first-order chi connectivity index (χ1) is 14.4. The molecule has 0 bridgehead atoms. The first kappa shape index (κ1) is 19.6. The number of nitrogens with zero attached hydrogens (tertiary/aromatic N) is 2. The molecule has 2 aromatic heterocycles. The maximum absolute atomic E-state index is 12.6. The van der Waals surface area contributed by atoms with Gasteiger partial charge >= 0.3 is 0 Å². The van der Waals surface area contributed by atoms with Crippen LogP contribution in [0.2, 0.25) is 10.2 Å². The fourth-order valence-electron chi connectivity index (χ4n) is 3.42. The van der Waals surface area contributed by atoms with Crippen LogP contribution in [0.25, 0.3) is 11.3 Å². The molecular weight excluding hydrogens is 447 g/mol. The molecule has 1 fully saturated rings. The third-order valence-electron chi connectivity index (χ3n) is 5.21. The number of halogens is 2. The number of hydrogen-bond donors (Lipinski definition) is 0. The molecule has 6 nitrogen and oxygen atoms in total. The standard InChI is InChI=1S/C21H16Cl2N2O4S/c1-10(26)13-7-25-15(5-16(13)27)12-4-14(22)18(28-8-11-2-3-11)6-17(12)29-21(25)19-20(23)24-9-30-19/h4-7,9,11,21H,2-3,8H2,1H3/t21-/m0/s1. The van der Waals surface area contributed by atoms with Crippen molar-refractivity contribution in [2.24, 2.45) is 5.92 Å². The smallest absolute Gasteiger partial charge is 0.214 e. The Morgan fingerprint density at radius 2 is 2.13 bits per heavy atom. The van der Waals surface area contributed by atoms with Gasteiger partial charge in [-0.3, -0.25) is 9.59 Å². The first-order valence-corrected chi connectivity index (χ1v) is 11.1. The maximum Gasteiger partial charge on any atom is 0.214 e. The summed E-state index contributed by atoms with van der Waals surface area (Å²) < 4.78 is 13.9. The summed E-state index contributed by atoms with van der Waals surface area (Å²) in [6.07, 6.45) is 3.16. The molecule has 1 aliphatic carbocycles. The number of ketones is 1. The fourth-order valence-corrected chi connectivity index (χ4v) is 4.67. The minimum absolute atomic E-state index is 0.0759. The zero-order valence-electron chi connectivity index (χ0n) is 15.9. The number of benzene rings is 1. The molecule has 0 N–H and O–H groups in total. The van der Waals surface area contributed by atoms with E-state index in [2.05, 4.69) is 4.98 Å². The van der Waals surface area contributed by atoms with Gasteiger partial charge in [-0.15, -0.1) is 11.3 Å². The second-order valence-corrected chi connectivity index (χ2v) is 9.06. The van der Waals surface area contributed by atoms with E-state index in [1.165, 1.54) is 43.4 Å². The van der Waals surface area contributed by atoms with Crippen molar-refractivity contribution in [3.8, 4) is 22.8 Å². The maximum atomic E-state index is 12.6. The lowest BCUT2D eigenvalue weighted by Crippen LogP contribution is -2.27. The number of rotatable bonds is 5. The van der Waals surface area contributed by atoms with E-state index < -0.39 is 6.23 Å². The Labute approximate surface area is 186 Å². The predicted molar refractivity (Wildman–Crippen MR) is 115 cm³/mol. The van der Waals surface area contributed by atoms with Crippen LogP contribution in [0.5, 0.6) is 11.5 Å². The average Bonchev–Trinajstić information content (AvgIpc) is 3.44. The Morgan fingerprint density at radius 3 is 2.80 bits per heavy atom. The Morgan fingerprint density at radius 1 is 1.33 bits per heavy atom. The van der Waals surface area contributed by atoms with Gasteiger partial charge in [0.1, 0.15) is 21.5 Å². The van der Waals surface area contributed by atoms with E-state index in [4.69, 9.17) is 32.7 Å². The third-order valence-corrected chi connectivity index (χ3v) is 6.77. The molecule has 1 saturated carbocycles. The highest BCUT2D eigenvalue weighted by Gasteiger charge is 2.32. The van der Waals surface area contributed by atoms with Crippen LogP contribution in [0.3, 0.4) is 0 Å². The van der Waals surface area contributed by atoms with Crippen LogP contribution in [0.4, 0.5) is 0 Å². The van der Waals surface area contributed by atoms with E-state index >= 15 is 0 Å². The average molecular weight is 463 g/mol. The van der Waals surface area contributed by atoms with Crippen LogP contribution in [-0.2, 0) is 0 Å². The molecule has 0 unspecified atom stereocenters. The normalized spacial score (nSPS) is 17.1. The van der Waals surface area contributed by atoms with Crippen molar-refractivity contribution in [1.82, 2.24) is 9.55 Å². The molecule has 2 aliphatic rings. The van der Waals surface area contributed by atoms with Gasteiger partial charge in [-0.2, -0.15) is 0 Å². The third kappa shape index (κ3) is 3.41. The Balaban J connectivity index is 1.68. The molecule has 1 atom stereocenters. The van der Waals surface area contributed by atoms with Gasteiger partial charge in [0.05, 0.1) is 28.4 Å². The Kier molecular flexibility index (Phi) is 4.84. The van der Waals surface area contributed by atoms with Gasteiger partial charge in [0.15, 0.2) is 11.2 Å². The number of aromatic nitrogens is 2. The summed E-state index contributed by atoms with van der Waals surface area (Å²) in [6, 6.07) is 4.90. The Bertz CT molecular complexity index is 1230. The van der Waals surface area contributed by atoms with Gasteiger partial charge in [0, 0.05) is 23.9 Å². The van der Waals surface area contributed by atoms with E-state index in [0.717, 1.165) is 0 Å². The number of carbonyl (C=O) groups excluding carboxylic acids is 1. The highest BCUT2D eigenvalue weighted by atomic mass is 35.5. The molecule has 30 heavy (non-hydrogen) atoms. The van der Waals surface area contributed by atoms with Crippen LogP contribution in [-0.4, -0.2) is 21.9 Å². The van der Waals surface area contributed by atoms with Crippen LogP contribution < -0.4 is 14.9 Å².